The van der Waals surface area contributed by atoms with E-state index in [9.17, 15) is 0 Å². The normalized spacial score (nSPS) is 25.7. The topological polar surface area (TPSA) is 27.7 Å². The fraction of sp³-hybridized carbons (Fsp3) is 0.455. The molecule has 80 valence electrons. The summed E-state index contributed by atoms with van der Waals surface area (Å²) in [6.45, 7) is 4.03. The summed E-state index contributed by atoms with van der Waals surface area (Å²) in [6, 6.07) is 7.77. The smallest absolute Gasteiger partial charge is 0.497 e. The standard InChI is InChI=1S/C11H15BO3/c1-8-9(2)15-12(14-8)10-6-4-5-7-11(10)13-3/h4-9H,1-3H3. The van der Waals surface area contributed by atoms with Crippen molar-refractivity contribution in [2.24, 2.45) is 0 Å². The van der Waals surface area contributed by atoms with Crippen LogP contribution in [0.15, 0.2) is 24.3 Å². The summed E-state index contributed by atoms with van der Waals surface area (Å²) in [6.07, 6.45) is 0.250. The number of hydrogen-bond acceptors (Lipinski definition) is 3. The molecule has 1 heterocycles. The molecule has 1 aliphatic rings. The molecule has 0 bridgehead atoms. The Morgan fingerprint density at radius 3 is 2.33 bits per heavy atom. The predicted molar refractivity (Wildman–Crippen MR) is 59.5 cm³/mol. The van der Waals surface area contributed by atoms with Gasteiger partial charge in [0.15, 0.2) is 0 Å². The Balaban J connectivity index is 2.23. The van der Waals surface area contributed by atoms with Gasteiger partial charge in [0.1, 0.15) is 5.75 Å². The maximum Gasteiger partial charge on any atom is 0.498 e. The van der Waals surface area contributed by atoms with Gasteiger partial charge in [-0.3, -0.25) is 0 Å². The van der Waals surface area contributed by atoms with Gasteiger partial charge >= 0.3 is 7.12 Å². The van der Waals surface area contributed by atoms with Gasteiger partial charge in [0.25, 0.3) is 0 Å². The third-order valence-electron chi connectivity index (χ3n) is 2.73. The minimum Gasteiger partial charge on any atom is -0.497 e. The molecule has 15 heavy (non-hydrogen) atoms. The molecule has 1 saturated heterocycles. The lowest BCUT2D eigenvalue weighted by atomic mass is 9.78. The highest BCUT2D eigenvalue weighted by atomic mass is 16.7. The second-order valence-corrected chi connectivity index (χ2v) is 3.76. The van der Waals surface area contributed by atoms with Crippen molar-refractivity contribution in [3.63, 3.8) is 0 Å². The average Bonchev–Trinajstić information content (AvgIpc) is 2.59. The Hall–Kier alpha value is -0.995. The van der Waals surface area contributed by atoms with Crippen molar-refractivity contribution in [1.29, 1.82) is 0 Å². The van der Waals surface area contributed by atoms with Gasteiger partial charge in [-0.1, -0.05) is 18.2 Å². The number of benzene rings is 1. The van der Waals surface area contributed by atoms with E-state index in [1.165, 1.54) is 0 Å². The second kappa shape index (κ2) is 4.25. The van der Waals surface area contributed by atoms with Crippen LogP contribution in [0.4, 0.5) is 0 Å². The van der Waals surface area contributed by atoms with Crippen molar-refractivity contribution in [3.05, 3.63) is 24.3 Å². The van der Waals surface area contributed by atoms with E-state index in [-0.39, 0.29) is 19.3 Å². The molecular weight excluding hydrogens is 191 g/mol. The summed E-state index contributed by atoms with van der Waals surface area (Å²) in [7, 11) is 1.35. The van der Waals surface area contributed by atoms with Crippen LogP contribution in [0.25, 0.3) is 0 Å². The van der Waals surface area contributed by atoms with Crippen LogP contribution in [0.5, 0.6) is 5.75 Å². The van der Waals surface area contributed by atoms with E-state index in [0.29, 0.717) is 0 Å². The minimum atomic E-state index is -0.300. The van der Waals surface area contributed by atoms with E-state index in [4.69, 9.17) is 14.0 Å². The molecule has 1 aliphatic heterocycles. The predicted octanol–water partition coefficient (Wildman–Crippen LogP) is 1.21. The van der Waals surface area contributed by atoms with Crippen molar-refractivity contribution < 1.29 is 14.0 Å². The highest BCUT2D eigenvalue weighted by Gasteiger charge is 2.37. The van der Waals surface area contributed by atoms with Gasteiger partial charge < -0.3 is 14.0 Å². The molecule has 0 aromatic heterocycles. The Morgan fingerprint density at radius 1 is 1.13 bits per heavy atom. The first-order valence-corrected chi connectivity index (χ1v) is 5.16. The summed E-state index contributed by atoms with van der Waals surface area (Å²) in [5.41, 5.74) is 0.955. The largest absolute Gasteiger partial charge is 0.498 e. The van der Waals surface area contributed by atoms with Gasteiger partial charge in [-0.2, -0.15) is 0 Å². The molecular formula is C11H15BO3. The van der Waals surface area contributed by atoms with E-state index in [1.807, 2.05) is 38.1 Å². The van der Waals surface area contributed by atoms with Crippen LogP contribution in [-0.4, -0.2) is 26.4 Å². The Bertz CT molecular complexity index is 332. The van der Waals surface area contributed by atoms with E-state index >= 15 is 0 Å². The molecule has 2 atom stereocenters. The number of hydrogen-bond donors (Lipinski definition) is 0. The van der Waals surface area contributed by atoms with Crippen molar-refractivity contribution in [1.82, 2.24) is 0 Å². The molecule has 1 aromatic rings. The Labute approximate surface area is 90.5 Å². The summed E-state index contributed by atoms with van der Waals surface area (Å²) in [5, 5.41) is 0. The molecule has 1 fully saturated rings. The van der Waals surface area contributed by atoms with Crippen LogP contribution in [0.1, 0.15) is 13.8 Å². The molecule has 2 rings (SSSR count). The summed E-state index contributed by atoms with van der Waals surface area (Å²) in [5.74, 6) is 0.809. The van der Waals surface area contributed by atoms with Gasteiger partial charge in [0, 0.05) is 5.46 Å². The number of para-hydroxylation sites is 1. The van der Waals surface area contributed by atoms with Crippen LogP contribution >= 0.6 is 0 Å². The SMILES string of the molecule is COc1ccccc1B1OC(C)C(C)O1. The monoisotopic (exact) mass is 206 g/mol. The zero-order chi connectivity index (χ0) is 10.8. The van der Waals surface area contributed by atoms with Crippen LogP contribution in [0.3, 0.4) is 0 Å². The third kappa shape index (κ3) is 2.01. The van der Waals surface area contributed by atoms with E-state index < -0.39 is 0 Å². The number of rotatable bonds is 2. The third-order valence-corrected chi connectivity index (χ3v) is 2.73. The summed E-state index contributed by atoms with van der Waals surface area (Å²) < 4.78 is 16.7. The quantitative estimate of drug-likeness (QED) is 0.680. The molecule has 0 aliphatic carbocycles. The van der Waals surface area contributed by atoms with E-state index in [2.05, 4.69) is 0 Å². The van der Waals surface area contributed by atoms with E-state index in [1.54, 1.807) is 7.11 Å². The molecule has 1 aromatic carbocycles. The van der Waals surface area contributed by atoms with Crippen molar-refractivity contribution in [2.75, 3.05) is 7.11 Å². The van der Waals surface area contributed by atoms with Gasteiger partial charge in [0.05, 0.1) is 19.3 Å². The highest BCUT2D eigenvalue weighted by molar-refractivity contribution is 6.62. The van der Waals surface area contributed by atoms with Crippen LogP contribution in [0.2, 0.25) is 0 Å². The van der Waals surface area contributed by atoms with Crippen LogP contribution in [-0.2, 0) is 9.31 Å². The van der Waals surface area contributed by atoms with Gasteiger partial charge in [0.2, 0.25) is 0 Å². The molecule has 0 radical (unpaired) electrons. The first-order chi connectivity index (χ1) is 7.22. The molecule has 4 heteroatoms. The van der Waals surface area contributed by atoms with Crippen molar-refractivity contribution in [2.45, 2.75) is 26.1 Å². The first-order valence-electron chi connectivity index (χ1n) is 5.16. The lowest BCUT2D eigenvalue weighted by molar-refractivity contribution is 0.187. The molecule has 0 amide bonds. The van der Waals surface area contributed by atoms with Crippen LogP contribution < -0.4 is 10.2 Å². The van der Waals surface area contributed by atoms with E-state index in [0.717, 1.165) is 11.2 Å². The van der Waals surface area contributed by atoms with Crippen molar-refractivity contribution in [3.8, 4) is 5.75 Å². The molecule has 0 saturated carbocycles. The number of ether oxygens (including phenoxy) is 1. The van der Waals surface area contributed by atoms with Gasteiger partial charge in [-0.15, -0.1) is 0 Å². The van der Waals surface area contributed by atoms with Gasteiger partial charge in [-0.05, 0) is 19.9 Å². The summed E-state index contributed by atoms with van der Waals surface area (Å²) >= 11 is 0. The molecule has 3 nitrogen and oxygen atoms in total. The van der Waals surface area contributed by atoms with Gasteiger partial charge in [-0.25, -0.2) is 0 Å². The Morgan fingerprint density at radius 2 is 1.73 bits per heavy atom. The lowest BCUT2D eigenvalue weighted by Gasteiger charge is -2.09. The van der Waals surface area contributed by atoms with Crippen molar-refractivity contribution >= 4 is 12.6 Å². The summed E-state index contributed by atoms with van der Waals surface area (Å²) in [4.78, 5) is 0. The maximum atomic E-state index is 5.70. The zero-order valence-electron chi connectivity index (χ0n) is 9.27. The number of methoxy groups -OCH3 is 1. The second-order valence-electron chi connectivity index (χ2n) is 3.76. The fourth-order valence-corrected chi connectivity index (χ4v) is 1.65. The maximum absolute atomic E-state index is 5.70. The Kier molecular flexibility index (Phi) is 2.98. The highest BCUT2D eigenvalue weighted by Crippen LogP contribution is 2.18. The lowest BCUT2D eigenvalue weighted by Crippen LogP contribution is -2.33. The molecule has 0 spiro atoms. The molecule has 2 unspecified atom stereocenters. The molecule has 0 N–H and O–H groups in total. The first kappa shape index (κ1) is 10.5. The average molecular weight is 206 g/mol. The minimum absolute atomic E-state index is 0.125. The fourth-order valence-electron chi connectivity index (χ4n) is 1.65. The van der Waals surface area contributed by atoms with Crippen LogP contribution in [0, 0.1) is 0 Å². The zero-order valence-corrected chi connectivity index (χ0v) is 9.27.